The number of piperazine rings is 1. The molecule has 35 heavy (non-hydrogen) atoms. The third-order valence-electron chi connectivity index (χ3n) is 6.81. The molecule has 9 heteroatoms. The Morgan fingerprint density at radius 3 is 2.23 bits per heavy atom. The number of rotatable bonds is 4. The highest BCUT2D eigenvalue weighted by Gasteiger charge is 2.39. The summed E-state index contributed by atoms with van der Waals surface area (Å²) in [6.07, 6.45) is 0.830. The van der Waals surface area contributed by atoms with Gasteiger partial charge in [0, 0.05) is 31.6 Å². The van der Waals surface area contributed by atoms with Crippen LogP contribution in [0.5, 0.6) is 0 Å². The van der Waals surface area contributed by atoms with E-state index < -0.39 is 28.8 Å². The number of anilines is 1. The molecule has 2 aromatic rings. The number of benzene rings is 2. The van der Waals surface area contributed by atoms with Gasteiger partial charge in [-0.3, -0.25) is 13.9 Å². The van der Waals surface area contributed by atoms with Crippen LogP contribution in [-0.2, 0) is 10.8 Å². The zero-order valence-corrected chi connectivity index (χ0v) is 21.1. The number of nitrogens with zero attached hydrogens (tertiary/aromatic N) is 2. The second-order valence-electron chi connectivity index (χ2n) is 9.23. The Bertz CT molecular complexity index is 1010. The second kappa shape index (κ2) is 12.0. The van der Waals surface area contributed by atoms with Crippen LogP contribution in [0.25, 0.3) is 0 Å². The highest BCUT2D eigenvalue weighted by molar-refractivity contribution is 7.84. The van der Waals surface area contributed by atoms with Crippen molar-refractivity contribution < 1.29 is 22.2 Å². The van der Waals surface area contributed by atoms with Crippen LogP contribution < -0.4 is 10.6 Å². The Balaban J connectivity index is 0.000000287. The molecule has 0 radical (unpaired) electrons. The van der Waals surface area contributed by atoms with Crippen molar-refractivity contribution in [2.75, 3.05) is 37.8 Å². The average molecular weight is 510 g/mol. The van der Waals surface area contributed by atoms with Crippen molar-refractivity contribution in [3.8, 4) is 0 Å². The largest absolute Gasteiger partial charge is 0.391 e. The summed E-state index contributed by atoms with van der Waals surface area (Å²) in [5, 5.41) is 0. The third kappa shape index (κ3) is 7.30. The molecule has 192 valence electrons. The summed E-state index contributed by atoms with van der Waals surface area (Å²) in [4.78, 5) is 16.7. The number of hydrogen-bond acceptors (Lipinski definition) is 4. The maximum atomic E-state index is 12.0. The zero-order chi connectivity index (χ0) is 25.6. The summed E-state index contributed by atoms with van der Waals surface area (Å²) in [6, 6.07) is 16.1. The van der Waals surface area contributed by atoms with Crippen molar-refractivity contribution >= 4 is 22.4 Å². The molecule has 2 atom stereocenters. The smallest absolute Gasteiger partial charge is 0.368 e. The van der Waals surface area contributed by atoms with Crippen LogP contribution in [0, 0.1) is 5.92 Å². The van der Waals surface area contributed by atoms with Crippen LogP contribution in [0.3, 0.4) is 0 Å². The van der Waals surface area contributed by atoms with E-state index in [4.69, 9.17) is 5.73 Å². The lowest BCUT2D eigenvalue weighted by atomic mass is 9.89. The first-order chi connectivity index (χ1) is 16.6. The van der Waals surface area contributed by atoms with E-state index in [9.17, 15) is 22.2 Å². The molecule has 1 heterocycles. The molecule has 2 aliphatic rings. The van der Waals surface area contributed by atoms with Gasteiger partial charge >= 0.3 is 6.18 Å². The molecule has 1 saturated carbocycles. The van der Waals surface area contributed by atoms with E-state index >= 15 is 0 Å². The van der Waals surface area contributed by atoms with Crippen molar-refractivity contribution in [2.24, 2.45) is 11.7 Å². The fourth-order valence-corrected chi connectivity index (χ4v) is 5.49. The lowest BCUT2D eigenvalue weighted by Gasteiger charge is -2.41. The number of alkyl halides is 3. The number of nitrogens with two attached hydrogens (primary N) is 1. The molecule has 1 amide bonds. The number of primary amides is 1. The summed E-state index contributed by atoms with van der Waals surface area (Å²) in [5.74, 6) is -1.54. The Hall–Kier alpha value is -2.39. The monoisotopic (exact) mass is 509 g/mol. The van der Waals surface area contributed by atoms with Gasteiger partial charge in [0.15, 0.2) is 0 Å². The lowest BCUT2D eigenvalue weighted by Crippen LogP contribution is -2.46. The summed E-state index contributed by atoms with van der Waals surface area (Å²) in [5.41, 5.74) is 7.99. The standard InChI is InChI=1S/C19H23N3O2S.C7H11F3/c1-21-10-11-22(13-17(21)14-6-4-3-5-7-14)15-8-9-16(19(20)23)18(12-15)25(2)24;8-7(9,10)6-4-2-1-3-5-6/h3-9,12,17H,10-11,13H2,1-2H3,(H2,20,23);6H,1-5H2. The first kappa shape index (κ1) is 27.2. The van der Waals surface area contributed by atoms with Gasteiger partial charge in [-0.2, -0.15) is 13.2 Å². The third-order valence-corrected chi connectivity index (χ3v) is 7.76. The number of hydrogen-bond donors (Lipinski definition) is 1. The molecule has 5 nitrogen and oxygen atoms in total. The van der Waals surface area contributed by atoms with Gasteiger partial charge < -0.3 is 10.6 Å². The first-order valence-corrected chi connectivity index (χ1v) is 13.5. The van der Waals surface area contributed by atoms with E-state index in [1.807, 2.05) is 18.2 Å². The second-order valence-corrected chi connectivity index (χ2v) is 10.6. The summed E-state index contributed by atoms with van der Waals surface area (Å²) >= 11 is 0. The van der Waals surface area contributed by atoms with Gasteiger partial charge in [0.1, 0.15) is 0 Å². The Labute approximate surface area is 207 Å². The predicted molar refractivity (Wildman–Crippen MR) is 134 cm³/mol. The molecule has 0 bridgehead atoms. The summed E-state index contributed by atoms with van der Waals surface area (Å²) in [7, 11) is 0.871. The highest BCUT2D eigenvalue weighted by atomic mass is 32.2. The van der Waals surface area contributed by atoms with Crippen molar-refractivity contribution in [2.45, 2.75) is 49.2 Å². The van der Waals surface area contributed by atoms with Gasteiger partial charge in [0.25, 0.3) is 0 Å². The van der Waals surface area contributed by atoms with Crippen LogP contribution in [0.1, 0.15) is 54.1 Å². The van der Waals surface area contributed by atoms with Gasteiger partial charge in [0.2, 0.25) is 5.91 Å². The van der Waals surface area contributed by atoms with Crippen LogP contribution >= 0.6 is 0 Å². The van der Waals surface area contributed by atoms with Gasteiger partial charge in [-0.15, -0.1) is 0 Å². The maximum absolute atomic E-state index is 12.0. The molecule has 2 fully saturated rings. The fraction of sp³-hybridized carbons (Fsp3) is 0.500. The topological polar surface area (TPSA) is 66.6 Å². The van der Waals surface area contributed by atoms with Gasteiger partial charge in [-0.25, -0.2) is 0 Å². The quantitative estimate of drug-likeness (QED) is 0.620. The van der Waals surface area contributed by atoms with Gasteiger partial charge in [-0.1, -0.05) is 49.6 Å². The molecular weight excluding hydrogens is 475 g/mol. The molecule has 1 aliphatic carbocycles. The van der Waals surface area contributed by atoms with Gasteiger partial charge in [0.05, 0.1) is 33.2 Å². The van der Waals surface area contributed by atoms with E-state index in [2.05, 4.69) is 41.1 Å². The number of carbonyl (C=O) groups excluding carboxylic acids is 1. The molecule has 2 unspecified atom stereocenters. The normalized spacial score (nSPS) is 20.6. The van der Waals surface area contributed by atoms with E-state index in [0.717, 1.165) is 44.6 Å². The molecule has 2 aromatic carbocycles. The molecule has 4 rings (SSSR count). The van der Waals surface area contributed by atoms with Crippen LogP contribution in [-0.4, -0.2) is 54.1 Å². The average Bonchev–Trinajstić information content (AvgIpc) is 2.85. The van der Waals surface area contributed by atoms with E-state index in [1.54, 1.807) is 12.3 Å². The number of carbonyl (C=O) groups is 1. The van der Waals surface area contributed by atoms with Crippen LogP contribution in [0.2, 0.25) is 0 Å². The minimum absolute atomic E-state index is 0.293. The SMILES string of the molecule is CN1CCN(c2ccc(C(N)=O)c(S(C)=O)c2)CC1c1ccccc1.FC(F)(F)C1CCCCC1. The summed E-state index contributed by atoms with van der Waals surface area (Å²) < 4.78 is 47.8. The predicted octanol–water partition coefficient (Wildman–Crippen LogP) is 5.15. The lowest BCUT2D eigenvalue weighted by molar-refractivity contribution is -0.181. The number of amides is 1. The van der Waals surface area contributed by atoms with Crippen molar-refractivity contribution in [3.05, 3.63) is 59.7 Å². The Morgan fingerprint density at radius 1 is 1.03 bits per heavy atom. The van der Waals surface area contributed by atoms with Gasteiger partial charge in [-0.05, 0) is 43.7 Å². The zero-order valence-electron chi connectivity index (χ0n) is 20.3. The highest BCUT2D eigenvalue weighted by Crippen LogP contribution is 2.37. The van der Waals surface area contributed by atoms with E-state index in [0.29, 0.717) is 29.3 Å². The molecular formula is C26H34F3N3O2S. The van der Waals surface area contributed by atoms with Crippen LogP contribution in [0.15, 0.2) is 53.4 Å². The van der Waals surface area contributed by atoms with Crippen molar-refractivity contribution in [3.63, 3.8) is 0 Å². The molecule has 0 spiro atoms. The minimum atomic E-state index is -3.93. The van der Waals surface area contributed by atoms with E-state index in [1.165, 1.54) is 5.56 Å². The molecule has 0 aromatic heterocycles. The van der Waals surface area contributed by atoms with Crippen molar-refractivity contribution in [1.29, 1.82) is 0 Å². The minimum Gasteiger partial charge on any atom is -0.368 e. The molecule has 1 saturated heterocycles. The fourth-order valence-electron chi connectivity index (χ4n) is 4.72. The molecule has 2 N–H and O–H groups in total. The van der Waals surface area contributed by atoms with Crippen molar-refractivity contribution in [1.82, 2.24) is 4.90 Å². The molecule has 1 aliphatic heterocycles. The number of halogens is 3. The maximum Gasteiger partial charge on any atom is 0.391 e. The Kier molecular flexibility index (Phi) is 9.35. The summed E-state index contributed by atoms with van der Waals surface area (Å²) in [6.45, 7) is 2.65. The first-order valence-electron chi connectivity index (χ1n) is 11.9. The Morgan fingerprint density at radius 2 is 1.69 bits per heavy atom. The van der Waals surface area contributed by atoms with E-state index in [-0.39, 0.29) is 0 Å². The van der Waals surface area contributed by atoms with Crippen LogP contribution in [0.4, 0.5) is 18.9 Å². The number of likely N-dealkylation sites (N-methyl/N-ethyl adjacent to an activating group) is 1.